The molecule has 10 nitrogen and oxygen atoms in total. The molecule has 0 saturated carbocycles. The lowest BCUT2D eigenvalue weighted by atomic mass is 10.00. The van der Waals surface area contributed by atoms with Crippen molar-refractivity contribution in [1.29, 1.82) is 0 Å². The van der Waals surface area contributed by atoms with E-state index < -0.39 is 29.8 Å². The van der Waals surface area contributed by atoms with Crippen LogP contribution in [0.25, 0.3) is 0 Å². The number of carbonyl (C=O) groups is 5. The van der Waals surface area contributed by atoms with Crippen LogP contribution in [0, 0.1) is 5.92 Å². The molecule has 0 radical (unpaired) electrons. The standard InChI is InChI=1S/C17H30O6.C7H12O4/c1-4-21-15(18)13-11-9-7-8-10-12-14(16(19)22-5-2)17(20)23-6-3;1-3-10-6(8)5-7(9)11-4-2/h14H,4-13H2,1-3H3;3-5H2,1-2H3. The summed E-state index contributed by atoms with van der Waals surface area (Å²) in [6.07, 6.45) is 4.94. The Bertz CT molecular complexity index is 554. The zero-order chi connectivity index (χ0) is 26.2. The van der Waals surface area contributed by atoms with Crippen molar-refractivity contribution in [2.75, 3.05) is 33.0 Å². The van der Waals surface area contributed by atoms with E-state index in [4.69, 9.17) is 14.2 Å². The second-order valence-corrected chi connectivity index (χ2v) is 6.95. The first kappa shape index (κ1) is 33.5. The summed E-state index contributed by atoms with van der Waals surface area (Å²) in [6, 6.07) is 0. The van der Waals surface area contributed by atoms with Crippen LogP contribution in [0.3, 0.4) is 0 Å². The van der Waals surface area contributed by atoms with Crippen LogP contribution in [-0.4, -0.2) is 62.9 Å². The van der Waals surface area contributed by atoms with Gasteiger partial charge in [0.2, 0.25) is 0 Å². The summed E-state index contributed by atoms with van der Waals surface area (Å²) >= 11 is 0. The first-order chi connectivity index (χ1) is 16.3. The molecular weight excluding hydrogens is 448 g/mol. The van der Waals surface area contributed by atoms with E-state index in [1.807, 2.05) is 0 Å². The number of carbonyl (C=O) groups excluding carboxylic acids is 5. The van der Waals surface area contributed by atoms with Gasteiger partial charge in [-0.05, 0) is 47.5 Å². The van der Waals surface area contributed by atoms with Gasteiger partial charge in [-0.25, -0.2) is 0 Å². The van der Waals surface area contributed by atoms with Crippen molar-refractivity contribution in [3.63, 3.8) is 0 Å². The molecule has 0 aromatic heterocycles. The Morgan fingerprint density at radius 1 is 0.500 bits per heavy atom. The van der Waals surface area contributed by atoms with Gasteiger partial charge in [0, 0.05) is 6.42 Å². The van der Waals surface area contributed by atoms with E-state index in [0.717, 1.165) is 32.1 Å². The van der Waals surface area contributed by atoms with Crippen molar-refractivity contribution in [2.45, 2.75) is 86.0 Å². The molecule has 34 heavy (non-hydrogen) atoms. The molecule has 0 amide bonds. The van der Waals surface area contributed by atoms with Crippen LogP contribution in [-0.2, 0) is 47.7 Å². The van der Waals surface area contributed by atoms with Gasteiger partial charge in [0.25, 0.3) is 0 Å². The topological polar surface area (TPSA) is 132 Å². The minimum Gasteiger partial charge on any atom is -0.466 e. The maximum absolute atomic E-state index is 11.8. The maximum Gasteiger partial charge on any atom is 0.320 e. The van der Waals surface area contributed by atoms with Crippen LogP contribution < -0.4 is 0 Å². The average molecular weight is 491 g/mol. The second kappa shape index (κ2) is 23.5. The number of unbranched alkanes of at least 4 members (excludes halogenated alkanes) is 4. The van der Waals surface area contributed by atoms with Crippen LogP contribution in [0.4, 0.5) is 0 Å². The van der Waals surface area contributed by atoms with Gasteiger partial charge in [-0.15, -0.1) is 0 Å². The fourth-order valence-corrected chi connectivity index (χ4v) is 2.74. The number of rotatable bonds is 17. The first-order valence-electron chi connectivity index (χ1n) is 12.1. The number of hydrogen-bond acceptors (Lipinski definition) is 10. The molecule has 0 heterocycles. The van der Waals surface area contributed by atoms with Gasteiger partial charge in [-0.3, -0.25) is 24.0 Å². The Morgan fingerprint density at radius 3 is 1.32 bits per heavy atom. The fraction of sp³-hybridized carbons (Fsp3) is 0.792. The quantitative estimate of drug-likeness (QED) is 0.129. The summed E-state index contributed by atoms with van der Waals surface area (Å²) in [4.78, 5) is 56.0. The third kappa shape index (κ3) is 20.0. The molecule has 0 fully saturated rings. The van der Waals surface area contributed by atoms with Crippen molar-refractivity contribution in [1.82, 2.24) is 0 Å². The summed E-state index contributed by atoms with van der Waals surface area (Å²) in [7, 11) is 0. The van der Waals surface area contributed by atoms with Crippen molar-refractivity contribution in [3.05, 3.63) is 0 Å². The summed E-state index contributed by atoms with van der Waals surface area (Å²) in [5.41, 5.74) is 0. The van der Waals surface area contributed by atoms with Gasteiger partial charge in [-0.2, -0.15) is 0 Å². The summed E-state index contributed by atoms with van der Waals surface area (Å²) < 4.78 is 23.7. The van der Waals surface area contributed by atoms with E-state index in [1.54, 1.807) is 34.6 Å². The summed E-state index contributed by atoms with van der Waals surface area (Å²) in [5.74, 6) is -3.06. The third-order valence-electron chi connectivity index (χ3n) is 4.22. The van der Waals surface area contributed by atoms with E-state index in [-0.39, 0.29) is 38.8 Å². The van der Waals surface area contributed by atoms with Gasteiger partial charge < -0.3 is 23.7 Å². The van der Waals surface area contributed by atoms with Crippen molar-refractivity contribution >= 4 is 29.8 Å². The smallest absolute Gasteiger partial charge is 0.320 e. The molecule has 0 aromatic carbocycles. The highest BCUT2D eigenvalue weighted by molar-refractivity contribution is 5.94. The molecule has 0 aromatic rings. The van der Waals surface area contributed by atoms with Crippen molar-refractivity contribution < 1.29 is 47.7 Å². The van der Waals surface area contributed by atoms with Gasteiger partial charge >= 0.3 is 29.8 Å². The monoisotopic (exact) mass is 490 g/mol. The molecule has 0 rings (SSSR count). The van der Waals surface area contributed by atoms with E-state index in [0.29, 0.717) is 19.4 Å². The van der Waals surface area contributed by atoms with E-state index >= 15 is 0 Å². The van der Waals surface area contributed by atoms with Crippen molar-refractivity contribution in [3.8, 4) is 0 Å². The van der Waals surface area contributed by atoms with Crippen LogP contribution in [0.1, 0.15) is 86.0 Å². The lowest BCUT2D eigenvalue weighted by Gasteiger charge is -2.14. The Balaban J connectivity index is 0. The highest BCUT2D eigenvalue weighted by Crippen LogP contribution is 2.16. The van der Waals surface area contributed by atoms with Crippen LogP contribution >= 0.6 is 0 Å². The Morgan fingerprint density at radius 2 is 0.882 bits per heavy atom. The molecule has 0 unspecified atom stereocenters. The Kier molecular flexibility index (Phi) is 23.2. The summed E-state index contributed by atoms with van der Waals surface area (Å²) in [6.45, 7) is 10.1. The molecule has 198 valence electrons. The molecule has 0 spiro atoms. The maximum atomic E-state index is 11.8. The lowest BCUT2D eigenvalue weighted by molar-refractivity contribution is -0.162. The zero-order valence-electron chi connectivity index (χ0n) is 21.4. The van der Waals surface area contributed by atoms with Crippen LogP contribution in [0.15, 0.2) is 0 Å². The van der Waals surface area contributed by atoms with E-state index in [1.165, 1.54) is 0 Å². The van der Waals surface area contributed by atoms with Gasteiger partial charge in [0.1, 0.15) is 6.42 Å². The normalized spacial score (nSPS) is 9.94. The highest BCUT2D eigenvalue weighted by atomic mass is 16.6. The number of hydrogen-bond donors (Lipinski definition) is 0. The average Bonchev–Trinajstić information content (AvgIpc) is 2.76. The summed E-state index contributed by atoms with van der Waals surface area (Å²) in [5, 5.41) is 0. The lowest BCUT2D eigenvalue weighted by Crippen LogP contribution is -2.28. The van der Waals surface area contributed by atoms with Crippen LogP contribution in [0.5, 0.6) is 0 Å². The molecule has 0 saturated heterocycles. The van der Waals surface area contributed by atoms with E-state index in [2.05, 4.69) is 9.47 Å². The molecule has 10 heteroatoms. The molecule has 0 N–H and O–H groups in total. The minimum absolute atomic E-state index is 0.155. The predicted octanol–water partition coefficient (Wildman–Crippen LogP) is 3.53. The Hall–Kier alpha value is -2.65. The van der Waals surface area contributed by atoms with Crippen molar-refractivity contribution in [2.24, 2.45) is 5.92 Å². The SMILES string of the molecule is CCOC(=O)CC(=O)OCC.CCOC(=O)CCCCCCCC(C(=O)OCC)C(=O)OCC. The van der Waals surface area contributed by atoms with Gasteiger partial charge in [-0.1, -0.05) is 25.7 Å². The van der Waals surface area contributed by atoms with E-state index in [9.17, 15) is 24.0 Å². The predicted molar refractivity (Wildman–Crippen MR) is 124 cm³/mol. The Labute approximate surface area is 203 Å². The molecule has 0 aliphatic carbocycles. The molecular formula is C24H42O10. The third-order valence-corrected chi connectivity index (χ3v) is 4.22. The number of ether oxygens (including phenoxy) is 5. The highest BCUT2D eigenvalue weighted by Gasteiger charge is 2.28. The van der Waals surface area contributed by atoms with Gasteiger partial charge in [0.15, 0.2) is 5.92 Å². The molecule has 0 bridgehead atoms. The molecule has 0 atom stereocenters. The molecule has 0 aliphatic heterocycles. The fourth-order valence-electron chi connectivity index (χ4n) is 2.74. The minimum atomic E-state index is -0.825. The van der Waals surface area contributed by atoms with Gasteiger partial charge in [0.05, 0.1) is 33.0 Å². The van der Waals surface area contributed by atoms with Crippen LogP contribution in [0.2, 0.25) is 0 Å². The zero-order valence-corrected chi connectivity index (χ0v) is 21.4. The first-order valence-corrected chi connectivity index (χ1v) is 12.1. The molecule has 0 aliphatic rings. The number of esters is 5. The second-order valence-electron chi connectivity index (χ2n) is 6.95. The largest absolute Gasteiger partial charge is 0.466 e.